The molecule has 1 N–H and O–H groups in total. The molecule has 4 rings (SSSR count). The second-order valence-corrected chi connectivity index (χ2v) is 8.66. The summed E-state index contributed by atoms with van der Waals surface area (Å²) in [5, 5.41) is 11.8. The third kappa shape index (κ3) is 4.05. The Bertz CT molecular complexity index is 836. The van der Waals surface area contributed by atoms with Crippen molar-refractivity contribution in [3.8, 4) is 11.1 Å². The van der Waals surface area contributed by atoms with Gasteiger partial charge in [0.25, 0.3) is 0 Å². The van der Waals surface area contributed by atoms with E-state index in [1.54, 1.807) is 12.4 Å². The lowest BCUT2D eigenvalue weighted by molar-refractivity contribution is -0.131. The van der Waals surface area contributed by atoms with Crippen LogP contribution in [0.15, 0.2) is 36.7 Å². The molecule has 0 radical (unpaired) electrons. The molecule has 2 aliphatic rings. The van der Waals surface area contributed by atoms with Crippen molar-refractivity contribution >= 4 is 29.1 Å². The van der Waals surface area contributed by atoms with Gasteiger partial charge < -0.3 is 10.0 Å². The predicted octanol–water partition coefficient (Wildman–Crippen LogP) is 4.75. The van der Waals surface area contributed by atoms with E-state index in [9.17, 15) is 9.90 Å². The molecule has 6 heteroatoms. The first-order valence-electron chi connectivity index (χ1n) is 9.89. The second-order valence-electron chi connectivity index (χ2n) is 7.84. The van der Waals surface area contributed by atoms with Crippen molar-refractivity contribution in [2.45, 2.75) is 50.7 Å². The number of nitrogens with zero attached hydrogens (tertiary/aromatic N) is 2. The maximum absolute atomic E-state index is 12.1. The predicted molar refractivity (Wildman–Crippen MR) is 111 cm³/mol. The van der Waals surface area contributed by atoms with Crippen molar-refractivity contribution in [2.24, 2.45) is 5.92 Å². The molecular formula is C22H24Cl2N2O2. The van der Waals surface area contributed by atoms with E-state index in [1.807, 2.05) is 29.2 Å². The highest BCUT2D eigenvalue weighted by Gasteiger charge is 2.36. The van der Waals surface area contributed by atoms with Crippen LogP contribution in [0.1, 0.15) is 37.7 Å². The van der Waals surface area contributed by atoms with Crippen LogP contribution in [0.3, 0.4) is 0 Å². The van der Waals surface area contributed by atoms with Crippen LogP contribution in [0.2, 0.25) is 10.0 Å². The van der Waals surface area contributed by atoms with E-state index < -0.39 is 0 Å². The lowest BCUT2D eigenvalue weighted by Crippen LogP contribution is -2.43. The summed E-state index contributed by atoms with van der Waals surface area (Å²) in [5.41, 5.74) is 2.83. The molecule has 28 heavy (non-hydrogen) atoms. The van der Waals surface area contributed by atoms with Gasteiger partial charge in [0.15, 0.2) is 0 Å². The monoisotopic (exact) mass is 418 g/mol. The number of rotatable bonds is 4. The number of hydrogen-bond donors (Lipinski definition) is 1. The first-order chi connectivity index (χ1) is 13.5. The Kier molecular flexibility index (Phi) is 5.91. The molecule has 1 amide bonds. The lowest BCUT2D eigenvalue weighted by atomic mass is 9.79. The Morgan fingerprint density at radius 1 is 1.11 bits per heavy atom. The van der Waals surface area contributed by atoms with Gasteiger partial charge in [0.05, 0.1) is 6.10 Å². The van der Waals surface area contributed by atoms with E-state index in [4.69, 9.17) is 23.2 Å². The fourth-order valence-electron chi connectivity index (χ4n) is 4.55. The Labute approximate surface area is 175 Å². The number of benzene rings is 1. The Hall–Kier alpha value is -1.62. The van der Waals surface area contributed by atoms with Crippen LogP contribution >= 0.6 is 23.2 Å². The van der Waals surface area contributed by atoms with Gasteiger partial charge in [0, 0.05) is 41.4 Å². The number of aliphatic hydroxyl groups is 1. The fraction of sp³-hybridized carbons (Fsp3) is 0.455. The highest BCUT2D eigenvalue weighted by atomic mass is 35.5. The molecule has 1 aromatic heterocycles. The van der Waals surface area contributed by atoms with Crippen LogP contribution in [0.4, 0.5) is 0 Å². The van der Waals surface area contributed by atoms with E-state index in [0.717, 1.165) is 42.5 Å². The number of carbonyl (C=O) groups excluding carboxylic acids is 1. The van der Waals surface area contributed by atoms with Crippen LogP contribution in [0.5, 0.6) is 0 Å². The number of pyridine rings is 1. The van der Waals surface area contributed by atoms with Crippen molar-refractivity contribution in [1.82, 2.24) is 9.88 Å². The van der Waals surface area contributed by atoms with Crippen LogP contribution in [0.25, 0.3) is 11.1 Å². The zero-order valence-corrected chi connectivity index (χ0v) is 17.2. The standard InChI is InChI=1S/C22H24Cl2N2O2/c23-19-12-15(14-5-7-25-8-6-14)13-20(24)18(19)11-16-10-17(3-4-21(16)27)26-9-1-2-22(26)28/h5-8,12-13,16-17,21,27H,1-4,9-11H2. The van der Waals surface area contributed by atoms with Crippen molar-refractivity contribution in [3.63, 3.8) is 0 Å². The number of aromatic nitrogens is 1. The van der Waals surface area contributed by atoms with Crippen LogP contribution in [0, 0.1) is 5.92 Å². The normalized spacial score (nSPS) is 25.3. The van der Waals surface area contributed by atoms with E-state index in [-0.39, 0.29) is 24.0 Å². The molecule has 3 atom stereocenters. The number of carbonyl (C=O) groups is 1. The molecule has 2 heterocycles. The van der Waals surface area contributed by atoms with Gasteiger partial charge >= 0.3 is 0 Å². The fourth-order valence-corrected chi connectivity index (χ4v) is 5.19. The molecular weight excluding hydrogens is 395 g/mol. The Morgan fingerprint density at radius 3 is 2.46 bits per heavy atom. The SMILES string of the molecule is O=C1CCCN1C1CCC(O)C(Cc2c(Cl)cc(-c3ccncc3)cc2Cl)C1. The minimum atomic E-state index is -0.388. The Morgan fingerprint density at radius 2 is 1.82 bits per heavy atom. The van der Waals surface area contributed by atoms with E-state index in [1.165, 1.54) is 0 Å². The van der Waals surface area contributed by atoms with Crippen molar-refractivity contribution in [3.05, 3.63) is 52.3 Å². The molecule has 148 valence electrons. The average Bonchev–Trinajstić information content (AvgIpc) is 3.12. The summed E-state index contributed by atoms with van der Waals surface area (Å²) in [7, 11) is 0. The molecule has 2 aromatic rings. The average molecular weight is 419 g/mol. The third-order valence-electron chi connectivity index (χ3n) is 6.09. The summed E-state index contributed by atoms with van der Waals surface area (Å²) >= 11 is 13.2. The zero-order valence-electron chi connectivity index (χ0n) is 15.7. The minimum absolute atomic E-state index is 0.0499. The quantitative estimate of drug-likeness (QED) is 0.778. The van der Waals surface area contributed by atoms with Crippen LogP contribution < -0.4 is 0 Å². The molecule has 0 bridgehead atoms. The lowest BCUT2D eigenvalue weighted by Gasteiger charge is -2.38. The third-order valence-corrected chi connectivity index (χ3v) is 6.76. The highest BCUT2D eigenvalue weighted by Crippen LogP contribution is 2.37. The summed E-state index contributed by atoms with van der Waals surface area (Å²) in [6.45, 7) is 0.842. The van der Waals surface area contributed by atoms with Gasteiger partial charge in [-0.05, 0) is 79.0 Å². The first-order valence-corrected chi connectivity index (χ1v) is 10.6. The molecule has 4 nitrogen and oxygen atoms in total. The van der Waals surface area contributed by atoms with Gasteiger partial charge in [-0.2, -0.15) is 0 Å². The van der Waals surface area contributed by atoms with E-state index >= 15 is 0 Å². The topological polar surface area (TPSA) is 53.4 Å². The summed E-state index contributed by atoms with van der Waals surface area (Å²) in [6.07, 6.45) is 7.68. The molecule has 1 aliphatic heterocycles. The van der Waals surface area contributed by atoms with E-state index in [2.05, 4.69) is 4.98 Å². The second kappa shape index (κ2) is 8.40. The number of aliphatic hydroxyl groups excluding tert-OH is 1. The van der Waals surface area contributed by atoms with Crippen LogP contribution in [-0.4, -0.2) is 39.6 Å². The molecule has 1 saturated carbocycles. The molecule has 1 aliphatic carbocycles. The number of halogens is 2. The summed E-state index contributed by atoms with van der Waals surface area (Å²) < 4.78 is 0. The minimum Gasteiger partial charge on any atom is -0.393 e. The Balaban J connectivity index is 1.53. The summed E-state index contributed by atoms with van der Waals surface area (Å²) in [5.74, 6) is 0.298. The largest absolute Gasteiger partial charge is 0.393 e. The first kappa shape index (κ1) is 19.7. The maximum atomic E-state index is 12.1. The van der Waals surface area contributed by atoms with Gasteiger partial charge in [0.2, 0.25) is 5.91 Å². The molecule has 1 saturated heterocycles. The van der Waals surface area contributed by atoms with Gasteiger partial charge in [0.1, 0.15) is 0 Å². The summed E-state index contributed by atoms with van der Waals surface area (Å²) in [6, 6.07) is 7.91. The molecule has 0 spiro atoms. The number of hydrogen-bond acceptors (Lipinski definition) is 3. The molecule has 1 aromatic carbocycles. The van der Waals surface area contributed by atoms with Gasteiger partial charge in [-0.3, -0.25) is 9.78 Å². The smallest absolute Gasteiger partial charge is 0.222 e. The van der Waals surface area contributed by atoms with Crippen molar-refractivity contribution < 1.29 is 9.90 Å². The van der Waals surface area contributed by atoms with Crippen molar-refractivity contribution in [1.29, 1.82) is 0 Å². The van der Waals surface area contributed by atoms with E-state index in [0.29, 0.717) is 29.3 Å². The van der Waals surface area contributed by atoms with Gasteiger partial charge in [-0.15, -0.1) is 0 Å². The molecule has 2 fully saturated rings. The van der Waals surface area contributed by atoms with Crippen LogP contribution in [-0.2, 0) is 11.2 Å². The van der Waals surface area contributed by atoms with Gasteiger partial charge in [-0.1, -0.05) is 23.2 Å². The highest BCUT2D eigenvalue weighted by molar-refractivity contribution is 6.36. The number of amides is 1. The number of likely N-dealkylation sites (tertiary alicyclic amines) is 1. The van der Waals surface area contributed by atoms with Gasteiger partial charge in [-0.25, -0.2) is 0 Å². The summed E-state index contributed by atoms with van der Waals surface area (Å²) in [4.78, 5) is 18.2. The van der Waals surface area contributed by atoms with Crippen molar-refractivity contribution in [2.75, 3.05) is 6.54 Å². The molecule has 3 unspecified atom stereocenters. The zero-order chi connectivity index (χ0) is 19.7. The maximum Gasteiger partial charge on any atom is 0.222 e.